The van der Waals surface area contributed by atoms with Crippen molar-refractivity contribution in [3.63, 3.8) is 0 Å². The molecule has 0 bridgehead atoms. The molecule has 0 aliphatic heterocycles. The Hall–Kier alpha value is -4.25. The number of nitrogens with zero attached hydrogens (tertiary/aromatic N) is 7. The predicted octanol–water partition coefficient (Wildman–Crippen LogP) is 2.99. The van der Waals surface area contributed by atoms with Gasteiger partial charge in [0, 0.05) is 23.3 Å². The second kappa shape index (κ2) is 11.7. The molecule has 18 heteroatoms. The highest BCUT2D eigenvalue weighted by molar-refractivity contribution is 6.30. The Bertz CT molecular complexity index is 1580. The maximum atomic E-state index is 13.1. The molecule has 0 aliphatic carbocycles. The minimum Gasteiger partial charge on any atom is -0.382 e. The topological polar surface area (TPSA) is 133 Å². The number of aliphatic hydroxyl groups is 1. The molecule has 1 amide bonds. The number of aromatic nitrogens is 7. The van der Waals surface area contributed by atoms with Crippen molar-refractivity contribution in [3.8, 4) is 17.1 Å². The van der Waals surface area contributed by atoms with Gasteiger partial charge in [0.15, 0.2) is 17.8 Å². The van der Waals surface area contributed by atoms with E-state index in [0.717, 1.165) is 15.7 Å². The Labute approximate surface area is 231 Å². The van der Waals surface area contributed by atoms with E-state index in [1.54, 1.807) is 0 Å². The summed E-state index contributed by atoms with van der Waals surface area (Å²) in [7, 11) is 0. The van der Waals surface area contributed by atoms with Crippen LogP contribution in [0.4, 0.5) is 26.3 Å². The molecule has 0 fully saturated rings. The predicted molar refractivity (Wildman–Crippen MR) is 130 cm³/mol. The van der Waals surface area contributed by atoms with Gasteiger partial charge in [-0.05, 0) is 30.3 Å². The number of nitrogens with one attached hydrogen (secondary N) is 1. The first kappa shape index (κ1) is 29.7. The summed E-state index contributed by atoms with van der Waals surface area (Å²) < 4.78 is 79.0. The molecular formula is C23H19ClF6N8O3. The number of benzene rings is 1. The number of carbonyl (C=O) groups is 1. The van der Waals surface area contributed by atoms with Gasteiger partial charge >= 0.3 is 18.0 Å². The Morgan fingerprint density at radius 2 is 1.78 bits per heavy atom. The second-order valence-corrected chi connectivity index (χ2v) is 8.99. The van der Waals surface area contributed by atoms with Crippen LogP contribution in [0.3, 0.4) is 0 Å². The normalized spacial score (nSPS) is 12.9. The van der Waals surface area contributed by atoms with Crippen molar-refractivity contribution in [2.75, 3.05) is 6.54 Å². The minimum absolute atomic E-state index is 0.0527. The smallest absolute Gasteiger partial charge is 0.382 e. The first-order valence-electron chi connectivity index (χ1n) is 11.6. The van der Waals surface area contributed by atoms with Crippen molar-refractivity contribution >= 4 is 17.5 Å². The number of halogens is 7. The maximum Gasteiger partial charge on any atom is 0.416 e. The molecular weight excluding hydrogens is 586 g/mol. The molecule has 41 heavy (non-hydrogen) atoms. The molecule has 4 aromatic rings. The molecule has 3 heterocycles. The fourth-order valence-electron chi connectivity index (χ4n) is 3.59. The lowest BCUT2D eigenvalue weighted by atomic mass is 10.2. The van der Waals surface area contributed by atoms with Gasteiger partial charge < -0.3 is 10.4 Å². The van der Waals surface area contributed by atoms with Gasteiger partial charge in [-0.2, -0.15) is 26.3 Å². The van der Waals surface area contributed by atoms with Crippen LogP contribution in [0.5, 0.6) is 0 Å². The lowest BCUT2D eigenvalue weighted by Gasteiger charge is -2.15. The van der Waals surface area contributed by atoms with Crippen molar-refractivity contribution in [1.82, 2.24) is 39.4 Å². The zero-order valence-corrected chi connectivity index (χ0v) is 21.3. The number of carbonyl (C=O) groups excluding carboxylic acids is 1. The second-order valence-electron chi connectivity index (χ2n) is 8.56. The Balaban J connectivity index is 1.62. The minimum atomic E-state index is -5.00. The van der Waals surface area contributed by atoms with Crippen LogP contribution in [0, 0.1) is 0 Å². The third kappa shape index (κ3) is 7.29. The summed E-state index contributed by atoms with van der Waals surface area (Å²) in [6.45, 7) is -2.21. The fourth-order valence-corrected chi connectivity index (χ4v) is 3.72. The van der Waals surface area contributed by atoms with Gasteiger partial charge in [0.25, 0.3) is 5.91 Å². The summed E-state index contributed by atoms with van der Waals surface area (Å²) in [6, 6.07) is 7.01. The molecule has 4 rings (SSSR count). The lowest BCUT2D eigenvalue weighted by molar-refractivity contribution is -0.207. The molecule has 0 spiro atoms. The number of hydrogen-bond donors (Lipinski definition) is 2. The average molecular weight is 605 g/mol. The van der Waals surface area contributed by atoms with Crippen molar-refractivity contribution in [2.24, 2.45) is 0 Å². The number of aliphatic hydroxyl groups excluding tert-OH is 1. The quantitative estimate of drug-likeness (QED) is 0.281. The fraction of sp³-hybridized carbons (Fsp3) is 0.304. The van der Waals surface area contributed by atoms with Crippen LogP contribution in [0.15, 0.2) is 53.8 Å². The van der Waals surface area contributed by atoms with Crippen molar-refractivity contribution < 1.29 is 36.2 Å². The molecule has 0 aliphatic rings. The van der Waals surface area contributed by atoms with Crippen LogP contribution >= 0.6 is 11.6 Å². The van der Waals surface area contributed by atoms with Crippen molar-refractivity contribution in [2.45, 2.75) is 38.0 Å². The number of hydrogen-bond acceptors (Lipinski definition) is 7. The van der Waals surface area contributed by atoms with Gasteiger partial charge in [-0.3, -0.25) is 14.3 Å². The summed E-state index contributed by atoms with van der Waals surface area (Å²) in [5, 5.41) is 20.4. The van der Waals surface area contributed by atoms with Crippen LogP contribution in [-0.2, 0) is 13.1 Å². The van der Waals surface area contributed by atoms with Crippen molar-refractivity contribution in [1.29, 1.82) is 0 Å². The van der Waals surface area contributed by atoms with E-state index in [4.69, 9.17) is 11.6 Å². The Morgan fingerprint density at radius 1 is 1.07 bits per heavy atom. The third-order valence-electron chi connectivity index (χ3n) is 5.57. The van der Waals surface area contributed by atoms with Gasteiger partial charge in [-0.25, -0.2) is 19.1 Å². The summed E-state index contributed by atoms with van der Waals surface area (Å²) in [4.78, 5) is 33.5. The molecule has 218 valence electrons. The Morgan fingerprint density at radius 3 is 2.44 bits per heavy atom. The monoisotopic (exact) mass is 604 g/mol. The van der Waals surface area contributed by atoms with E-state index >= 15 is 0 Å². The van der Waals surface area contributed by atoms with Crippen LogP contribution < -0.4 is 11.0 Å². The molecule has 0 radical (unpaired) electrons. The summed E-state index contributed by atoms with van der Waals surface area (Å²) >= 11 is 5.88. The molecule has 1 aromatic carbocycles. The molecule has 1 atom stereocenters. The van der Waals surface area contributed by atoms with Crippen LogP contribution in [-0.4, -0.2) is 70.1 Å². The molecule has 0 unspecified atom stereocenters. The summed E-state index contributed by atoms with van der Waals surface area (Å²) in [6.07, 6.45) is -9.93. The van der Waals surface area contributed by atoms with E-state index < -0.39 is 56.1 Å². The highest BCUT2D eigenvalue weighted by Crippen LogP contribution is 2.24. The SMILES string of the molecule is O=C(NCCC(F)(F)F)c1ccncc1-n1cnc(Cn2nc(-c3ccc(Cl)cc3)n(C[C@H](O)C(F)(F)F)c2=O)n1. The first-order chi connectivity index (χ1) is 19.2. The number of pyridine rings is 1. The zero-order chi connectivity index (χ0) is 29.9. The van der Waals surface area contributed by atoms with E-state index in [-0.39, 0.29) is 28.5 Å². The average Bonchev–Trinajstić information content (AvgIpc) is 3.48. The van der Waals surface area contributed by atoms with E-state index in [1.165, 1.54) is 42.7 Å². The van der Waals surface area contributed by atoms with E-state index in [0.29, 0.717) is 9.59 Å². The largest absolute Gasteiger partial charge is 0.416 e. The van der Waals surface area contributed by atoms with Gasteiger partial charge in [-0.1, -0.05) is 11.6 Å². The van der Waals surface area contributed by atoms with Crippen LogP contribution in [0.1, 0.15) is 22.6 Å². The number of amides is 1. The van der Waals surface area contributed by atoms with Gasteiger partial charge in [0.2, 0.25) is 0 Å². The van der Waals surface area contributed by atoms with Crippen LogP contribution in [0.2, 0.25) is 5.02 Å². The highest BCUT2D eigenvalue weighted by atomic mass is 35.5. The van der Waals surface area contributed by atoms with E-state index in [2.05, 4.69) is 25.5 Å². The Kier molecular flexibility index (Phi) is 8.48. The highest BCUT2D eigenvalue weighted by Gasteiger charge is 2.39. The van der Waals surface area contributed by atoms with E-state index in [9.17, 15) is 41.0 Å². The van der Waals surface area contributed by atoms with Gasteiger partial charge in [-0.15, -0.1) is 10.2 Å². The number of alkyl halides is 6. The van der Waals surface area contributed by atoms with Gasteiger partial charge in [0.1, 0.15) is 12.9 Å². The standard InChI is InChI=1S/C23H19ClF6N8O3/c24-14-3-1-13(2-4-14)19-35-37(21(41)36(19)10-17(39)23(28,29)30)11-18-33-12-38(34-18)16-9-31-7-5-15(16)20(40)32-8-6-22(25,26)27/h1-5,7,9,12,17,39H,6,8,10-11H2,(H,32,40)/t17-/m0/s1. The molecule has 2 N–H and O–H groups in total. The molecule has 0 saturated heterocycles. The molecule has 0 saturated carbocycles. The summed E-state index contributed by atoms with van der Waals surface area (Å²) in [5.74, 6) is -1.06. The number of rotatable bonds is 9. The van der Waals surface area contributed by atoms with Gasteiger partial charge in [0.05, 0.1) is 30.4 Å². The van der Waals surface area contributed by atoms with Crippen LogP contribution in [0.25, 0.3) is 17.1 Å². The molecule has 3 aromatic heterocycles. The van der Waals surface area contributed by atoms with E-state index in [1.807, 2.05) is 0 Å². The first-order valence-corrected chi connectivity index (χ1v) is 12.0. The lowest BCUT2D eigenvalue weighted by Crippen LogP contribution is -2.37. The third-order valence-corrected chi connectivity index (χ3v) is 5.83. The molecule has 11 nitrogen and oxygen atoms in total. The van der Waals surface area contributed by atoms with Crippen molar-refractivity contribution in [3.05, 3.63) is 75.9 Å². The summed E-state index contributed by atoms with van der Waals surface area (Å²) in [5.41, 5.74) is -0.759. The maximum absolute atomic E-state index is 13.1. The zero-order valence-electron chi connectivity index (χ0n) is 20.6.